The molecule has 90 valence electrons. The van der Waals surface area contributed by atoms with Crippen LogP contribution in [0.4, 0.5) is 0 Å². The van der Waals surface area contributed by atoms with E-state index in [-0.39, 0.29) is 10.6 Å². The van der Waals surface area contributed by atoms with Crippen molar-refractivity contribution in [1.82, 2.24) is 0 Å². The van der Waals surface area contributed by atoms with Gasteiger partial charge in [0.2, 0.25) is 0 Å². The zero-order chi connectivity index (χ0) is 12.7. The molecule has 1 aliphatic rings. The van der Waals surface area contributed by atoms with Crippen LogP contribution in [0.3, 0.4) is 0 Å². The largest absolute Gasteiger partial charge is 0.292 e. The number of hydrogen-bond acceptors (Lipinski definition) is 2. The predicted molar refractivity (Wildman–Crippen MR) is 78.0 cm³/mol. The van der Waals surface area contributed by atoms with Crippen LogP contribution in [0.5, 0.6) is 0 Å². The normalized spacial score (nSPS) is 17.9. The molecule has 1 heterocycles. The molecule has 1 atom stereocenters. The van der Waals surface area contributed by atoms with Gasteiger partial charge in [-0.3, -0.25) is 4.79 Å². The summed E-state index contributed by atoms with van der Waals surface area (Å²) in [6.45, 7) is 0. The summed E-state index contributed by atoms with van der Waals surface area (Å²) in [5.41, 5.74) is 1.70. The highest BCUT2D eigenvalue weighted by Crippen LogP contribution is 2.44. The predicted octanol–water partition coefficient (Wildman–Crippen LogP) is 5.12. The standard InChI is InChI=1S/C14H8BrClOS/c15-13-9-3-1-2-4-11(9)18-12-6-5-8(16)7-10(12)14(13)17/h1-7,13H. The molecule has 0 spiro atoms. The fourth-order valence-corrected chi connectivity index (χ4v) is 4.03. The minimum atomic E-state index is -0.305. The van der Waals surface area contributed by atoms with Crippen molar-refractivity contribution >= 4 is 45.1 Å². The van der Waals surface area contributed by atoms with Gasteiger partial charge in [-0.05, 0) is 29.8 Å². The number of carbonyl (C=O) groups is 1. The van der Waals surface area contributed by atoms with Crippen molar-refractivity contribution in [3.63, 3.8) is 0 Å². The van der Waals surface area contributed by atoms with Crippen LogP contribution in [0.1, 0.15) is 20.7 Å². The molecular weight excluding hydrogens is 332 g/mol. The van der Waals surface area contributed by atoms with Gasteiger partial charge in [0.15, 0.2) is 5.78 Å². The van der Waals surface area contributed by atoms with Crippen LogP contribution < -0.4 is 0 Å². The molecule has 0 saturated carbocycles. The van der Waals surface area contributed by atoms with Crippen molar-refractivity contribution in [3.05, 3.63) is 58.6 Å². The Morgan fingerprint density at radius 2 is 1.89 bits per heavy atom. The van der Waals surface area contributed by atoms with Gasteiger partial charge in [0.25, 0.3) is 0 Å². The number of hydrogen-bond donors (Lipinski definition) is 0. The van der Waals surface area contributed by atoms with Crippen LogP contribution >= 0.6 is 39.3 Å². The van der Waals surface area contributed by atoms with Crippen molar-refractivity contribution in [1.29, 1.82) is 0 Å². The first-order valence-corrected chi connectivity index (χ1v) is 7.52. The Morgan fingerprint density at radius 3 is 2.72 bits per heavy atom. The summed E-state index contributed by atoms with van der Waals surface area (Å²) in [5, 5.41) is 0.591. The maximum absolute atomic E-state index is 12.4. The molecular formula is C14H8BrClOS. The minimum absolute atomic E-state index is 0.0601. The van der Waals surface area contributed by atoms with Crippen molar-refractivity contribution in [2.45, 2.75) is 14.6 Å². The van der Waals surface area contributed by atoms with Crippen LogP contribution in [0, 0.1) is 0 Å². The molecule has 0 N–H and O–H groups in total. The molecule has 2 aromatic rings. The van der Waals surface area contributed by atoms with Gasteiger partial charge in [0.1, 0.15) is 4.83 Å². The summed E-state index contributed by atoms with van der Waals surface area (Å²) in [7, 11) is 0. The zero-order valence-electron chi connectivity index (χ0n) is 9.19. The second kappa shape index (κ2) is 4.72. The molecule has 1 aliphatic heterocycles. The third-order valence-corrected chi connectivity index (χ3v) is 5.16. The van der Waals surface area contributed by atoms with Gasteiger partial charge in [-0.25, -0.2) is 0 Å². The number of benzene rings is 2. The van der Waals surface area contributed by atoms with Crippen LogP contribution in [0.2, 0.25) is 5.02 Å². The lowest BCUT2D eigenvalue weighted by Crippen LogP contribution is -2.06. The summed E-state index contributed by atoms with van der Waals surface area (Å²) >= 11 is 11.1. The van der Waals surface area contributed by atoms with E-state index in [2.05, 4.69) is 15.9 Å². The van der Waals surface area contributed by atoms with E-state index in [1.54, 1.807) is 17.8 Å². The first-order chi connectivity index (χ1) is 8.66. The molecule has 18 heavy (non-hydrogen) atoms. The molecule has 3 rings (SSSR count). The van der Waals surface area contributed by atoms with E-state index < -0.39 is 0 Å². The SMILES string of the molecule is O=C1c2cc(Cl)ccc2Sc2ccccc2C1Br. The molecule has 0 radical (unpaired) electrons. The lowest BCUT2D eigenvalue weighted by atomic mass is 10.0. The van der Waals surface area contributed by atoms with E-state index in [0.29, 0.717) is 10.6 Å². The Morgan fingerprint density at radius 1 is 1.11 bits per heavy atom. The number of ketones is 1. The Balaban J connectivity index is 2.23. The Hall–Kier alpha value is -0.770. The highest BCUT2D eigenvalue weighted by Gasteiger charge is 2.27. The number of rotatable bonds is 0. The topological polar surface area (TPSA) is 17.1 Å². The summed E-state index contributed by atoms with van der Waals surface area (Å²) < 4.78 is 0. The lowest BCUT2D eigenvalue weighted by molar-refractivity contribution is 0.0988. The van der Waals surface area contributed by atoms with E-state index in [1.807, 2.05) is 36.4 Å². The van der Waals surface area contributed by atoms with Gasteiger partial charge < -0.3 is 0 Å². The van der Waals surface area contributed by atoms with Crippen LogP contribution in [0.25, 0.3) is 0 Å². The fraction of sp³-hybridized carbons (Fsp3) is 0.0714. The molecule has 0 amide bonds. The van der Waals surface area contributed by atoms with Gasteiger partial charge in [0, 0.05) is 20.4 Å². The van der Waals surface area contributed by atoms with Crippen molar-refractivity contribution in [2.24, 2.45) is 0 Å². The van der Waals surface area contributed by atoms with Crippen molar-refractivity contribution in [3.8, 4) is 0 Å². The molecule has 1 unspecified atom stereocenters. The highest BCUT2D eigenvalue weighted by molar-refractivity contribution is 9.09. The van der Waals surface area contributed by atoms with E-state index in [1.165, 1.54) is 0 Å². The number of halogens is 2. The monoisotopic (exact) mass is 338 g/mol. The second-order valence-corrected chi connectivity index (χ2v) is 6.44. The summed E-state index contributed by atoms with van der Waals surface area (Å²) in [5.74, 6) is 0.0601. The molecule has 4 heteroatoms. The molecule has 0 aromatic heterocycles. The maximum Gasteiger partial charge on any atom is 0.182 e. The number of carbonyl (C=O) groups excluding carboxylic acids is 1. The van der Waals surface area contributed by atoms with E-state index in [4.69, 9.17) is 11.6 Å². The fourth-order valence-electron chi connectivity index (χ4n) is 1.96. The molecule has 0 fully saturated rings. The first kappa shape index (κ1) is 12.3. The van der Waals surface area contributed by atoms with Gasteiger partial charge in [-0.2, -0.15) is 0 Å². The van der Waals surface area contributed by atoms with Crippen LogP contribution in [0.15, 0.2) is 52.3 Å². The van der Waals surface area contributed by atoms with Gasteiger partial charge in [0.05, 0.1) is 0 Å². The second-order valence-electron chi connectivity index (χ2n) is 4.01. The minimum Gasteiger partial charge on any atom is -0.292 e. The summed E-state index contributed by atoms with van der Waals surface area (Å²) in [4.78, 5) is 14.2. The van der Waals surface area contributed by atoms with Crippen LogP contribution in [-0.2, 0) is 0 Å². The Labute approximate surface area is 123 Å². The van der Waals surface area contributed by atoms with Gasteiger partial charge in [-0.15, -0.1) is 0 Å². The maximum atomic E-state index is 12.4. The summed E-state index contributed by atoms with van der Waals surface area (Å²) in [6.07, 6.45) is 0. The smallest absolute Gasteiger partial charge is 0.182 e. The average Bonchev–Trinajstić information content (AvgIpc) is 2.48. The first-order valence-electron chi connectivity index (χ1n) is 5.41. The van der Waals surface area contributed by atoms with E-state index >= 15 is 0 Å². The molecule has 0 saturated heterocycles. The summed E-state index contributed by atoms with van der Waals surface area (Å²) in [6, 6.07) is 13.4. The molecule has 2 aromatic carbocycles. The van der Waals surface area contributed by atoms with E-state index in [9.17, 15) is 4.79 Å². The lowest BCUT2D eigenvalue weighted by Gasteiger charge is -2.08. The third kappa shape index (κ3) is 2.00. The molecule has 0 aliphatic carbocycles. The molecule has 1 nitrogen and oxygen atoms in total. The quantitative estimate of drug-likeness (QED) is 0.619. The highest BCUT2D eigenvalue weighted by atomic mass is 79.9. The van der Waals surface area contributed by atoms with Crippen molar-refractivity contribution < 1.29 is 4.79 Å². The molecule has 0 bridgehead atoms. The zero-order valence-corrected chi connectivity index (χ0v) is 12.3. The average molecular weight is 340 g/mol. The van der Waals surface area contributed by atoms with Gasteiger partial charge >= 0.3 is 0 Å². The van der Waals surface area contributed by atoms with E-state index in [0.717, 1.165) is 15.4 Å². The number of Topliss-reactive ketones (excluding diaryl/α,β-unsaturated/α-hetero) is 1. The van der Waals surface area contributed by atoms with Gasteiger partial charge in [-0.1, -0.05) is 57.5 Å². The Bertz CT molecular complexity index is 641. The third-order valence-electron chi connectivity index (χ3n) is 2.85. The van der Waals surface area contributed by atoms with Crippen molar-refractivity contribution in [2.75, 3.05) is 0 Å². The number of alkyl halides is 1. The number of fused-ring (bicyclic) bond motifs is 2. The van der Waals surface area contributed by atoms with Crippen LogP contribution in [-0.4, -0.2) is 5.78 Å². The Kier molecular flexibility index (Phi) is 3.22.